The molecule has 0 saturated carbocycles. The zero-order chi connectivity index (χ0) is 19.5. The van der Waals surface area contributed by atoms with Crippen LogP contribution in [0, 0.1) is 13.8 Å². The van der Waals surface area contributed by atoms with Crippen LogP contribution in [0.5, 0.6) is 0 Å². The lowest BCUT2D eigenvalue weighted by molar-refractivity contribution is 0.0671. The Morgan fingerprint density at radius 2 is 1.79 bits per heavy atom. The number of nitrogens with one attached hydrogen (secondary N) is 1. The van der Waals surface area contributed by atoms with Crippen LogP contribution < -0.4 is 16.0 Å². The molecule has 7 heteroatoms. The monoisotopic (exact) mass is 378 g/mol. The van der Waals surface area contributed by atoms with Crippen molar-refractivity contribution in [3.8, 4) is 0 Å². The first-order valence-electron chi connectivity index (χ1n) is 9.54. The van der Waals surface area contributed by atoms with Gasteiger partial charge in [-0.2, -0.15) is 4.99 Å². The third kappa shape index (κ3) is 3.80. The van der Waals surface area contributed by atoms with Crippen LogP contribution in [0.1, 0.15) is 11.1 Å². The molecule has 2 aliphatic rings. The highest BCUT2D eigenvalue weighted by molar-refractivity contribution is 6.06. The molecule has 0 aliphatic carbocycles. The summed E-state index contributed by atoms with van der Waals surface area (Å²) in [7, 11) is 0. The topological polar surface area (TPSA) is 78.5 Å². The van der Waals surface area contributed by atoms with Crippen molar-refractivity contribution >= 4 is 23.3 Å². The number of ether oxygens (including phenoxy) is 1. The van der Waals surface area contributed by atoms with Gasteiger partial charge in [-0.05, 0) is 49.2 Å². The molecule has 2 aliphatic heterocycles. The molecule has 0 bridgehead atoms. The molecule has 2 aromatic rings. The fourth-order valence-electron chi connectivity index (χ4n) is 3.39. The van der Waals surface area contributed by atoms with E-state index < -0.39 is 0 Å². The van der Waals surface area contributed by atoms with Gasteiger partial charge in [0.25, 0.3) is 0 Å². The van der Waals surface area contributed by atoms with Gasteiger partial charge in [0.15, 0.2) is 0 Å². The van der Waals surface area contributed by atoms with E-state index >= 15 is 0 Å². The average Bonchev–Trinajstić information content (AvgIpc) is 2.72. The molecular weight excluding hydrogens is 352 g/mol. The first-order chi connectivity index (χ1) is 13.6. The Morgan fingerprint density at radius 1 is 1.04 bits per heavy atom. The number of anilines is 2. The molecule has 146 valence electrons. The Morgan fingerprint density at radius 3 is 2.50 bits per heavy atom. The number of nitrogens with two attached hydrogens (primary N) is 1. The number of benzene rings is 2. The number of hydrogen-bond acceptors (Lipinski definition) is 7. The standard InChI is InChI=1S/C21H26N6O/c1-15-8-9-17(14-16(15)2)23-20-24-19(22)25-21(26-10-12-28-13-11-26)27(20)18-6-4-3-5-7-18/h3-9,14,20,23H,10-13H2,1-2H3,(H2,22,24). The Labute approximate surface area is 165 Å². The van der Waals surface area contributed by atoms with Crippen LogP contribution in [0.3, 0.4) is 0 Å². The molecule has 0 spiro atoms. The van der Waals surface area contributed by atoms with E-state index in [1.54, 1.807) is 0 Å². The molecule has 3 N–H and O–H groups in total. The normalized spacial score (nSPS) is 19.9. The highest BCUT2D eigenvalue weighted by Gasteiger charge is 2.31. The number of para-hydroxylation sites is 1. The summed E-state index contributed by atoms with van der Waals surface area (Å²) >= 11 is 0. The summed E-state index contributed by atoms with van der Waals surface area (Å²) in [6.45, 7) is 7.10. The van der Waals surface area contributed by atoms with E-state index in [0.29, 0.717) is 13.2 Å². The molecule has 0 amide bonds. The smallest absolute Gasteiger partial charge is 0.222 e. The maximum Gasteiger partial charge on any atom is 0.222 e. The quantitative estimate of drug-likeness (QED) is 0.858. The van der Waals surface area contributed by atoms with Crippen molar-refractivity contribution in [3.63, 3.8) is 0 Å². The van der Waals surface area contributed by atoms with Gasteiger partial charge >= 0.3 is 0 Å². The largest absolute Gasteiger partial charge is 0.378 e. The number of rotatable bonds is 3. The number of aryl methyl sites for hydroxylation is 2. The Bertz CT molecular complexity index is 889. The van der Waals surface area contributed by atoms with Crippen LogP contribution in [0.4, 0.5) is 11.4 Å². The molecule has 1 fully saturated rings. The average molecular weight is 378 g/mol. The van der Waals surface area contributed by atoms with Gasteiger partial charge in [0.05, 0.1) is 13.2 Å². The molecule has 2 heterocycles. The zero-order valence-electron chi connectivity index (χ0n) is 16.3. The van der Waals surface area contributed by atoms with Gasteiger partial charge in [-0.3, -0.25) is 4.90 Å². The van der Waals surface area contributed by atoms with Gasteiger partial charge in [-0.25, -0.2) is 4.99 Å². The van der Waals surface area contributed by atoms with Crippen molar-refractivity contribution in [1.29, 1.82) is 0 Å². The second kappa shape index (κ2) is 7.90. The van der Waals surface area contributed by atoms with Crippen LogP contribution in [0.25, 0.3) is 0 Å². The Kier molecular flexibility index (Phi) is 5.16. The maximum absolute atomic E-state index is 6.11. The van der Waals surface area contributed by atoms with Crippen LogP contribution >= 0.6 is 0 Å². The predicted octanol–water partition coefficient (Wildman–Crippen LogP) is 2.52. The van der Waals surface area contributed by atoms with Gasteiger partial charge in [0, 0.05) is 24.5 Å². The molecule has 0 aromatic heterocycles. The summed E-state index contributed by atoms with van der Waals surface area (Å²) in [6.07, 6.45) is -0.389. The molecule has 1 saturated heterocycles. The minimum absolute atomic E-state index is 0.273. The summed E-state index contributed by atoms with van der Waals surface area (Å²) in [5.74, 6) is 1.07. The number of guanidine groups is 2. The van der Waals surface area contributed by atoms with Crippen LogP contribution in [-0.2, 0) is 4.74 Å². The van der Waals surface area contributed by atoms with Crippen LogP contribution in [-0.4, -0.2) is 49.4 Å². The van der Waals surface area contributed by atoms with E-state index in [0.717, 1.165) is 30.4 Å². The maximum atomic E-state index is 6.11. The van der Waals surface area contributed by atoms with Gasteiger partial charge < -0.3 is 20.7 Å². The number of morpholine rings is 1. The van der Waals surface area contributed by atoms with Gasteiger partial charge in [0.2, 0.25) is 18.2 Å². The van der Waals surface area contributed by atoms with E-state index in [1.165, 1.54) is 11.1 Å². The van der Waals surface area contributed by atoms with Crippen molar-refractivity contribution < 1.29 is 4.74 Å². The Balaban J connectivity index is 1.70. The first kappa shape index (κ1) is 18.3. The molecule has 2 aromatic carbocycles. The van der Waals surface area contributed by atoms with Gasteiger partial charge in [-0.1, -0.05) is 24.3 Å². The summed E-state index contributed by atoms with van der Waals surface area (Å²) in [5, 5.41) is 3.52. The summed E-state index contributed by atoms with van der Waals surface area (Å²) in [6, 6.07) is 16.5. The number of nitrogens with zero attached hydrogens (tertiary/aromatic N) is 4. The van der Waals surface area contributed by atoms with Gasteiger partial charge in [-0.15, -0.1) is 0 Å². The second-order valence-electron chi connectivity index (χ2n) is 7.02. The molecule has 1 unspecified atom stereocenters. The van der Waals surface area contributed by atoms with Crippen molar-refractivity contribution in [2.24, 2.45) is 15.7 Å². The van der Waals surface area contributed by atoms with Gasteiger partial charge in [0.1, 0.15) is 0 Å². The predicted molar refractivity (Wildman–Crippen MR) is 114 cm³/mol. The molecule has 28 heavy (non-hydrogen) atoms. The second-order valence-corrected chi connectivity index (χ2v) is 7.02. The highest BCUT2D eigenvalue weighted by Crippen LogP contribution is 2.25. The summed E-state index contributed by atoms with van der Waals surface area (Å²) < 4.78 is 5.51. The number of hydrogen-bond donors (Lipinski definition) is 2. The molecule has 1 atom stereocenters. The third-order valence-corrected chi connectivity index (χ3v) is 5.06. The van der Waals surface area contributed by atoms with Crippen molar-refractivity contribution in [2.75, 3.05) is 36.5 Å². The molecule has 4 rings (SSSR count). The zero-order valence-corrected chi connectivity index (χ0v) is 16.3. The lowest BCUT2D eigenvalue weighted by atomic mass is 10.1. The Hall–Kier alpha value is -3.06. The van der Waals surface area contributed by atoms with E-state index in [9.17, 15) is 0 Å². The molecule has 0 radical (unpaired) electrons. The number of aliphatic imine (C=N–C) groups is 2. The minimum Gasteiger partial charge on any atom is -0.378 e. The lowest BCUT2D eigenvalue weighted by Gasteiger charge is -2.41. The molecular formula is C21H26N6O. The molecule has 7 nitrogen and oxygen atoms in total. The van der Waals surface area contributed by atoms with Crippen molar-refractivity contribution in [1.82, 2.24) is 4.90 Å². The summed E-state index contributed by atoms with van der Waals surface area (Å²) in [4.78, 5) is 13.5. The van der Waals surface area contributed by atoms with Crippen LogP contribution in [0.15, 0.2) is 58.5 Å². The minimum atomic E-state index is -0.389. The van der Waals surface area contributed by atoms with Crippen LogP contribution in [0.2, 0.25) is 0 Å². The van der Waals surface area contributed by atoms with E-state index in [1.807, 2.05) is 18.2 Å². The van der Waals surface area contributed by atoms with E-state index in [4.69, 9.17) is 10.5 Å². The third-order valence-electron chi connectivity index (χ3n) is 5.06. The van der Waals surface area contributed by atoms with Crippen molar-refractivity contribution in [3.05, 3.63) is 59.7 Å². The summed E-state index contributed by atoms with van der Waals surface area (Å²) in [5.41, 5.74) is 10.6. The fourth-order valence-corrected chi connectivity index (χ4v) is 3.39. The first-order valence-corrected chi connectivity index (χ1v) is 9.54. The highest BCUT2D eigenvalue weighted by atomic mass is 16.5. The van der Waals surface area contributed by atoms with E-state index in [-0.39, 0.29) is 12.2 Å². The fraction of sp³-hybridized carbons (Fsp3) is 0.333. The SMILES string of the molecule is Cc1ccc(NC2N=C(N)N=C(N3CCOCC3)N2c2ccccc2)cc1C. The van der Waals surface area contributed by atoms with Crippen molar-refractivity contribution in [2.45, 2.75) is 20.1 Å². The van der Waals surface area contributed by atoms with E-state index in [2.05, 4.69) is 69.3 Å². The lowest BCUT2D eigenvalue weighted by Crippen LogP contribution is -2.57.